The molecular formula is C10H9N3O3S. The van der Waals surface area contributed by atoms with Crippen molar-refractivity contribution in [1.29, 1.82) is 0 Å². The average molecular weight is 251 g/mol. The zero-order valence-corrected chi connectivity index (χ0v) is 9.48. The normalized spacial score (nSPS) is 10.1. The molecule has 0 aliphatic carbocycles. The van der Waals surface area contributed by atoms with Gasteiger partial charge in [-0.2, -0.15) is 16.4 Å². The predicted octanol–water partition coefficient (Wildman–Crippen LogP) is 1.28. The standard InChI is InChI=1S/C10H9N3O3S/c14-9(15)5-13-4-8(3-11-13)12-10(16)7-1-2-17-6-7/h1-4,6H,5H2,(H,12,16)(H,14,15). The minimum Gasteiger partial charge on any atom is -0.480 e. The van der Waals surface area contributed by atoms with Gasteiger partial charge < -0.3 is 10.4 Å². The average Bonchev–Trinajstić information content (AvgIpc) is 2.87. The van der Waals surface area contributed by atoms with Crippen molar-refractivity contribution in [2.45, 2.75) is 6.54 Å². The minimum absolute atomic E-state index is 0.228. The number of hydrogen-bond donors (Lipinski definition) is 2. The summed E-state index contributed by atoms with van der Waals surface area (Å²) in [6.45, 7) is -0.228. The molecule has 0 radical (unpaired) electrons. The second-order valence-corrected chi connectivity index (χ2v) is 4.07. The predicted molar refractivity (Wildman–Crippen MR) is 62.1 cm³/mol. The van der Waals surface area contributed by atoms with E-state index in [1.165, 1.54) is 28.4 Å². The number of thiophene rings is 1. The fourth-order valence-electron chi connectivity index (χ4n) is 1.25. The van der Waals surface area contributed by atoms with Crippen LogP contribution in [0.3, 0.4) is 0 Å². The van der Waals surface area contributed by atoms with Crippen molar-refractivity contribution < 1.29 is 14.7 Å². The number of carboxylic acids is 1. The quantitative estimate of drug-likeness (QED) is 0.857. The van der Waals surface area contributed by atoms with Crippen LogP contribution in [-0.4, -0.2) is 26.8 Å². The van der Waals surface area contributed by atoms with E-state index in [9.17, 15) is 9.59 Å². The molecule has 2 heterocycles. The molecule has 0 atom stereocenters. The number of carbonyl (C=O) groups excluding carboxylic acids is 1. The lowest BCUT2D eigenvalue weighted by Crippen LogP contribution is -2.11. The van der Waals surface area contributed by atoms with E-state index in [0.717, 1.165) is 0 Å². The minimum atomic E-state index is -0.983. The summed E-state index contributed by atoms with van der Waals surface area (Å²) in [4.78, 5) is 22.1. The van der Waals surface area contributed by atoms with Gasteiger partial charge in [0.25, 0.3) is 5.91 Å². The van der Waals surface area contributed by atoms with Gasteiger partial charge in [-0.05, 0) is 11.4 Å². The molecule has 2 aromatic rings. The molecule has 2 rings (SSSR count). The number of nitrogens with one attached hydrogen (secondary N) is 1. The Labute approximate surface area is 100 Å². The number of carbonyl (C=O) groups is 2. The fourth-order valence-corrected chi connectivity index (χ4v) is 1.89. The highest BCUT2D eigenvalue weighted by Crippen LogP contribution is 2.10. The maximum absolute atomic E-state index is 11.6. The highest BCUT2D eigenvalue weighted by molar-refractivity contribution is 7.08. The van der Waals surface area contributed by atoms with Crippen molar-refractivity contribution in [2.24, 2.45) is 0 Å². The van der Waals surface area contributed by atoms with Gasteiger partial charge in [0.05, 0.1) is 17.4 Å². The lowest BCUT2D eigenvalue weighted by Gasteiger charge is -1.98. The van der Waals surface area contributed by atoms with Crippen LogP contribution in [0.15, 0.2) is 29.2 Å². The molecule has 7 heteroatoms. The van der Waals surface area contributed by atoms with Crippen LogP contribution in [0.4, 0.5) is 5.69 Å². The summed E-state index contributed by atoms with van der Waals surface area (Å²) in [6.07, 6.45) is 2.88. The summed E-state index contributed by atoms with van der Waals surface area (Å²) in [7, 11) is 0. The van der Waals surface area contributed by atoms with Crippen LogP contribution in [0.25, 0.3) is 0 Å². The van der Waals surface area contributed by atoms with Crippen LogP contribution >= 0.6 is 11.3 Å². The summed E-state index contributed by atoms with van der Waals surface area (Å²) < 4.78 is 1.24. The van der Waals surface area contributed by atoms with E-state index >= 15 is 0 Å². The number of nitrogens with zero attached hydrogens (tertiary/aromatic N) is 2. The zero-order valence-electron chi connectivity index (χ0n) is 8.66. The Balaban J connectivity index is 2.02. The number of amides is 1. The van der Waals surface area contributed by atoms with Crippen LogP contribution < -0.4 is 5.32 Å². The van der Waals surface area contributed by atoms with Crippen molar-refractivity contribution in [3.05, 3.63) is 34.8 Å². The third-order valence-corrected chi connectivity index (χ3v) is 2.65. The lowest BCUT2D eigenvalue weighted by molar-refractivity contribution is -0.137. The van der Waals surface area contributed by atoms with E-state index in [2.05, 4.69) is 10.4 Å². The van der Waals surface area contributed by atoms with Crippen molar-refractivity contribution in [2.75, 3.05) is 5.32 Å². The second-order valence-electron chi connectivity index (χ2n) is 3.29. The Hall–Kier alpha value is -2.15. The van der Waals surface area contributed by atoms with Gasteiger partial charge in [-0.15, -0.1) is 0 Å². The van der Waals surface area contributed by atoms with Gasteiger partial charge in [0.1, 0.15) is 6.54 Å². The molecule has 0 saturated heterocycles. The molecule has 0 spiro atoms. The van der Waals surface area contributed by atoms with Crippen molar-refractivity contribution in [1.82, 2.24) is 9.78 Å². The van der Waals surface area contributed by atoms with Gasteiger partial charge in [-0.1, -0.05) is 0 Å². The molecule has 2 N–H and O–H groups in total. The van der Waals surface area contributed by atoms with Gasteiger partial charge in [0.2, 0.25) is 0 Å². The first kappa shape index (κ1) is 11.3. The molecule has 88 valence electrons. The van der Waals surface area contributed by atoms with Crippen LogP contribution in [0, 0.1) is 0 Å². The van der Waals surface area contributed by atoms with Gasteiger partial charge in [-0.3, -0.25) is 14.3 Å². The number of aromatic nitrogens is 2. The monoisotopic (exact) mass is 251 g/mol. The SMILES string of the molecule is O=C(O)Cn1cc(NC(=O)c2ccsc2)cn1. The highest BCUT2D eigenvalue weighted by atomic mass is 32.1. The number of hydrogen-bond acceptors (Lipinski definition) is 4. The Morgan fingerprint density at radius 2 is 2.35 bits per heavy atom. The smallest absolute Gasteiger partial charge is 0.325 e. The first-order chi connectivity index (χ1) is 8.15. The van der Waals surface area contributed by atoms with E-state index in [0.29, 0.717) is 11.3 Å². The molecule has 17 heavy (non-hydrogen) atoms. The van der Waals surface area contributed by atoms with E-state index in [4.69, 9.17) is 5.11 Å². The topological polar surface area (TPSA) is 84.2 Å². The summed E-state index contributed by atoms with van der Waals surface area (Å²) in [5.74, 6) is -1.22. The Kier molecular flexibility index (Phi) is 3.20. The zero-order chi connectivity index (χ0) is 12.3. The maximum Gasteiger partial charge on any atom is 0.325 e. The van der Waals surface area contributed by atoms with Gasteiger partial charge in [0.15, 0.2) is 0 Å². The van der Waals surface area contributed by atoms with Gasteiger partial charge in [0, 0.05) is 11.6 Å². The molecule has 0 bridgehead atoms. The Morgan fingerprint density at radius 1 is 1.53 bits per heavy atom. The molecule has 0 aliphatic heterocycles. The fraction of sp³-hybridized carbons (Fsp3) is 0.100. The summed E-state index contributed by atoms with van der Waals surface area (Å²) >= 11 is 1.43. The lowest BCUT2D eigenvalue weighted by atomic mass is 10.3. The molecule has 0 aliphatic rings. The molecule has 0 saturated carbocycles. The third-order valence-electron chi connectivity index (χ3n) is 1.97. The van der Waals surface area contributed by atoms with Crippen LogP contribution in [0.2, 0.25) is 0 Å². The third kappa shape index (κ3) is 2.91. The molecule has 0 unspecified atom stereocenters. The molecule has 0 aromatic carbocycles. The number of aliphatic carboxylic acids is 1. The summed E-state index contributed by atoms with van der Waals surface area (Å²) in [5.41, 5.74) is 1.04. The Bertz CT molecular complexity index is 533. The number of rotatable bonds is 4. The van der Waals surface area contributed by atoms with Crippen LogP contribution in [0.5, 0.6) is 0 Å². The van der Waals surface area contributed by atoms with Gasteiger partial charge >= 0.3 is 5.97 Å². The summed E-state index contributed by atoms with van der Waals surface area (Å²) in [6, 6.07) is 1.71. The van der Waals surface area contributed by atoms with Crippen LogP contribution in [0.1, 0.15) is 10.4 Å². The number of carboxylic acid groups (broad SMARTS) is 1. The van der Waals surface area contributed by atoms with Gasteiger partial charge in [-0.25, -0.2) is 0 Å². The molecule has 1 amide bonds. The highest BCUT2D eigenvalue weighted by Gasteiger charge is 2.08. The first-order valence-electron chi connectivity index (χ1n) is 4.73. The van der Waals surface area contributed by atoms with E-state index < -0.39 is 5.97 Å². The van der Waals surface area contributed by atoms with Crippen molar-refractivity contribution in [3.63, 3.8) is 0 Å². The van der Waals surface area contributed by atoms with E-state index in [1.807, 2.05) is 5.38 Å². The second kappa shape index (κ2) is 4.79. The van der Waals surface area contributed by atoms with E-state index in [-0.39, 0.29) is 12.5 Å². The van der Waals surface area contributed by atoms with Crippen molar-refractivity contribution >= 4 is 28.9 Å². The van der Waals surface area contributed by atoms with E-state index in [1.54, 1.807) is 11.4 Å². The van der Waals surface area contributed by atoms with Crippen molar-refractivity contribution in [3.8, 4) is 0 Å². The van der Waals surface area contributed by atoms with Crippen LogP contribution in [-0.2, 0) is 11.3 Å². The largest absolute Gasteiger partial charge is 0.480 e. The number of anilines is 1. The molecule has 2 aromatic heterocycles. The Morgan fingerprint density at radius 3 is 3.00 bits per heavy atom. The first-order valence-corrected chi connectivity index (χ1v) is 5.67. The molecule has 6 nitrogen and oxygen atoms in total. The maximum atomic E-state index is 11.6. The molecule has 0 fully saturated rings. The summed E-state index contributed by atoms with van der Waals surface area (Å²) in [5, 5.41) is 18.5. The molecular weight excluding hydrogens is 242 g/mol.